The number of anilines is 1. The van der Waals surface area contributed by atoms with Crippen LogP contribution in [-0.2, 0) is 18.4 Å². The molecule has 148 valence electrons. The lowest BCUT2D eigenvalue weighted by atomic mass is 10.1. The number of hydrogen-bond donors (Lipinski definition) is 2. The van der Waals surface area contributed by atoms with Gasteiger partial charge >= 0.3 is 0 Å². The molecule has 2 aromatic carbocycles. The number of hydrogen-bond acceptors (Lipinski definition) is 4. The lowest BCUT2D eigenvalue weighted by Gasteiger charge is -2.12. The molecule has 2 heterocycles. The van der Waals surface area contributed by atoms with Gasteiger partial charge in [0.1, 0.15) is 5.82 Å². The van der Waals surface area contributed by atoms with Gasteiger partial charge in [0.05, 0.1) is 23.9 Å². The molecule has 8 heteroatoms. The number of carbonyl (C=O) groups excluding carboxylic acids is 1. The third kappa shape index (κ3) is 4.49. The second-order valence-corrected chi connectivity index (χ2v) is 6.38. The maximum atomic E-state index is 12.7. The molecule has 0 fully saturated rings. The normalized spacial score (nSPS) is 10.3. The quantitative estimate of drug-likeness (QED) is 0.521. The third-order valence-electron chi connectivity index (χ3n) is 4.52. The van der Waals surface area contributed by atoms with E-state index in [1.165, 1.54) is 0 Å². The minimum absolute atomic E-state index is 0.146. The van der Waals surface area contributed by atoms with E-state index in [4.69, 9.17) is 9.90 Å². The smallest absolute Gasteiger partial charge is 0.290 e. The molecule has 0 aliphatic carbocycles. The SMILES string of the molecule is Cc1nccn1Cc1ccccc1NC(=O)c1ccc2c(c1)ncn2C.O=CO. The Bertz CT molecular complexity index is 1150. The van der Waals surface area contributed by atoms with Gasteiger partial charge in [-0.05, 0) is 36.8 Å². The zero-order chi connectivity index (χ0) is 20.8. The van der Waals surface area contributed by atoms with Crippen molar-refractivity contribution in [1.82, 2.24) is 19.1 Å². The second kappa shape index (κ2) is 8.83. The minimum atomic E-state index is -0.250. The molecule has 1 amide bonds. The fourth-order valence-corrected chi connectivity index (χ4v) is 3.01. The van der Waals surface area contributed by atoms with Crippen LogP contribution < -0.4 is 5.32 Å². The predicted molar refractivity (Wildman–Crippen MR) is 110 cm³/mol. The topological polar surface area (TPSA) is 102 Å². The van der Waals surface area contributed by atoms with Crippen molar-refractivity contribution < 1.29 is 14.7 Å². The molecule has 0 saturated carbocycles. The fraction of sp³-hybridized carbons (Fsp3) is 0.143. The first-order chi connectivity index (χ1) is 14.0. The first kappa shape index (κ1) is 19.8. The Morgan fingerprint density at radius 2 is 1.97 bits per heavy atom. The monoisotopic (exact) mass is 391 g/mol. The highest BCUT2D eigenvalue weighted by molar-refractivity contribution is 6.06. The van der Waals surface area contributed by atoms with E-state index in [1.54, 1.807) is 12.5 Å². The first-order valence-electron chi connectivity index (χ1n) is 8.89. The Morgan fingerprint density at radius 3 is 2.69 bits per heavy atom. The second-order valence-electron chi connectivity index (χ2n) is 6.38. The first-order valence-corrected chi connectivity index (χ1v) is 8.89. The van der Waals surface area contributed by atoms with Crippen LogP contribution in [0.5, 0.6) is 0 Å². The molecule has 0 radical (unpaired) electrons. The fourth-order valence-electron chi connectivity index (χ4n) is 3.01. The van der Waals surface area contributed by atoms with Crippen LogP contribution in [0, 0.1) is 6.92 Å². The highest BCUT2D eigenvalue weighted by Crippen LogP contribution is 2.20. The van der Waals surface area contributed by atoms with E-state index >= 15 is 0 Å². The summed E-state index contributed by atoms with van der Waals surface area (Å²) in [6.07, 6.45) is 5.46. The Kier molecular flexibility index (Phi) is 6.03. The summed E-state index contributed by atoms with van der Waals surface area (Å²) in [5.74, 6) is 0.791. The predicted octanol–water partition coefficient (Wildman–Crippen LogP) is 3.08. The number of rotatable bonds is 4. The van der Waals surface area contributed by atoms with Gasteiger partial charge in [0.25, 0.3) is 12.4 Å². The van der Waals surface area contributed by atoms with Gasteiger partial charge in [-0.3, -0.25) is 9.59 Å². The van der Waals surface area contributed by atoms with E-state index in [9.17, 15) is 4.79 Å². The lowest BCUT2D eigenvalue weighted by Crippen LogP contribution is -2.14. The zero-order valence-electron chi connectivity index (χ0n) is 16.1. The van der Waals surface area contributed by atoms with Crippen LogP contribution in [0.25, 0.3) is 11.0 Å². The van der Waals surface area contributed by atoms with Crippen molar-refractivity contribution in [1.29, 1.82) is 0 Å². The minimum Gasteiger partial charge on any atom is -0.483 e. The summed E-state index contributed by atoms with van der Waals surface area (Å²) < 4.78 is 3.98. The van der Waals surface area contributed by atoms with E-state index in [1.807, 2.05) is 71.8 Å². The molecule has 0 aliphatic heterocycles. The van der Waals surface area contributed by atoms with Crippen molar-refractivity contribution in [2.24, 2.45) is 7.05 Å². The average Bonchev–Trinajstić information content (AvgIpc) is 3.29. The van der Waals surface area contributed by atoms with Crippen molar-refractivity contribution in [2.75, 3.05) is 5.32 Å². The van der Waals surface area contributed by atoms with Gasteiger partial charge in [-0.15, -0.1) is 0 Å². The van der Waals surface area contributed by atoms with Crippen LogP contribution >= 0.6 is 0 Å². The van der Waals surface area contributed by atoms with Crippen molar-refractivity contribution >= 4 is 29.1 Å². The van der Waals surface area contributed by atoms with Crippen LogP contribution in [0.3, 0.4) is 0 Å². The number of aryl methyl sites for hydroxylation is 2. The molecule has 0 spiro atoms. The summed E-state index contributed by atoms with van der Waals surface area (Å²) >= 11 is 0. The maximum Gasteiger partial charge on any atom is 0.290 e. The number of amides is 1. The number of benzene rings is 2. The average molecular weight is 391 g/mol. The van der Waals surface area contributed by atoms with E-state index < -0.39 is 0 Å². The summed E-state index contributed by atoms with van der Waals surface area (Å²) in [5.41, 5.74) is 4.22. The molecule has 0 saturated heterocycles. The molecule has 8 nitrogen and oxygen atoms in total. The Morgan fingerprint density at radius 1 is 1.21 bits per heavy atom. The number of nitrogens with zero attached hydrogens (tertiary/aromatic N) is 4. The summed E-state index contributed by atoms with van der Waals surface area (Å²) in [6, 6.07) is 13.4. The summed E-state index contributed by atoms with van der Waals surface area (Å²) in [4.78, 5) is 29.6. The standard InChI is InChI=1S/C20H19N5O.CH2O2/c1-14-21-9-10-25(14)12-16-5-3-4-6-17(16)23-20(26)15-7-8-19-18(11-15)22-13-24(19)2;2-1-3/h3-11,13H,12H2,1-2H3,(H,23,26);1H,(H,2,3). The summed E-state index contributed by atoms with van der Waals surface area (Å²) in [5, 5.41) is 9.91. The highest BCUT2D eigenvalue weighted by Gasteiger charge is 2.11. The van der Waals surface area contributed by atoms with E-state index in [2.05, 4.69) is 15.3 Å². The molecule has 0 atom stereocenters. The maximum absolute atomic E-state index is 12.7. The van der Waals surface area contributed by atoms with Gasteiger partial charge in [0, 0.05) is 30.7 Å². The van der Waals surface area contributed by atoms with E-state index in [0.717, 1.165) is 28.1 Å². The van der Waals surface area contributed by atoms with Gasteiger partial charge in [-0.25, -0.2) is 9.97 Å². The third-order valence-corrected chi connectivity index (χ3v) is 4.52. The van der Waals surface area contributed by atoms with Crippen LogP contribution in [0.15, 0.2) is 61.2 Å². The molecular formula is C21H21N5O3. The number of carbonyl (C=O) groups is 2. The van der Waals surface area contributed by atoms with Crippen molar-refractivity contribution in [3.8, 4) is 0 Å². The number of para-hydroxylation sites is 1. The van der Waals surface area contributed by atoms with Crippen LogP contribution in [0.1, 0.15) is 21.7 Å². The molecule has 0 aliphatic rings. The number of carboxylic acid groups (broad SMARTS) is 1. The Balaban J connectivity index is 0.000000755. The van der Waals surface area contributed by atoms with Crippen LogP contribution in [0.4, 0.5) is 5.69 Å². The Hall–Kier alpha value is -3.94. The molecule has 2 N–H and O–H groups in total. The van der Waals surface area contributed by atoms with Crippen molar-refractivity contribution in [3.63, 3.8) is 0 Å². The van der Waals surface area contributed by atoms with Gasteiger partial charge in [0.2, 0.25) is 0 Å². The van der Waals surface area contributed by atoms with Crippen LogP contribution in [-0.4, -0.2) is 36.6 Å². The van der Waals surface area contributed by atoms with Gasteiger partial charge in [0.15, 0.2) is 0 Å². The van der Waals surface area contributed by atoms with E-state index in [0.29, 0.717) is 12.1 Å². The summed E-state index contributed by atoms with van der Waals surface area (Å²) in [7, 11) is 1.93. The molecule has 2 aromatic heterocycles. The zero-order valence-corrected chi connectivity index (χ0v) is 16.1. The van der Waals surface area contributed by atoms with Crippen LogP contribution in [0.2, 0.25) is 0 Å². The van der Waals surface area contributed by atoms with Gasteiger partial charge < -0.3 is 19.6 Å². The van der Waals surface area contributed by atoms with Gasteiger partial charge in [-0.1, -0.05) is 18.2 Å². The molecule has 0 bridgehead atoms. The lowest BCUT2D eigenvalue weighted by molar-refractivity contribution is -0.122. The largest absolute Gasteiger partial charge is 0.483 e. The van der Waals surface area contributed by atoms with E-state index in [-0.39, 0.29) is 12.4 Å². The number of fused-ring (bicyclic) bond motifs is 1. The highest BCUT2D eigenvalue weighted by atomic mass is 16.3. The molecule has 29 heavy (non-hydrogen) atoms. The molecule has 0 unspecified atom stereocenters. The molecular weight excluding hydrogens is 370 g/mol. The molecule has 4 aromatic rings. The van der Waals surface area contributed by atoms with Gasteiger partial charge in [-0.2, -0.15) is 0 Å². The van der Waals surface area contributed by atoms with Crippen molar-refractivity contribution in [2.45, 2.75) is 13.5 Å². The number of aromatic nitrogens is 4. The number of nitrogens with one attached hydrogen (secondary N) is 1. The van der Waals surface area contributed by atoms with Crippen molar-refractivity contribution in [3.05, 3.63) is 78.1 Å². The number of imidazole rings is 2. The Labute approximate surface area is 167 Å². The summed E-state index contributed by atoms with van der Waals surface area (Å²) in [6.45, 7) is 2.37. The molecule has 4 rings (SSSR count).